The van der Waals surface area contributed by atoms with Gasteiger partial charge in [-0.1, -0.05) is 54.0 Å². The van der Waals surface area contributed by atoms with E-state index >= 15 is 0 Å². The lowest BCUT2D eigenvalue weighted by atomic mass is 9.94. The van der Waals surface area contributed by atoms with Crippen molar-refractivity contribution in [2.75, 3.05) is 20.2 Å². The Morgan fingerprint density at radius 2 is 1.68 bits per heavy atom. The SMILES string of the molecule is CCOC(=O)/C(C)=C/[C@H](C(C)C)N(C)C(=O)[C@@H](NC(=O)[C@H]1CCCCN1C(CC)CC)C(C)C. The molecule has 0 aromatic rings. The largest absolute Gasteiger partial charge is 0.463 e. The Balaban J connectivity index is 3.09. The van der Waals surface area contributed by atoms with Crippen LogP contribution in [-0.4, -0.2) is 72.0 Å². The van der Waals surface area contributed by atoms with Crippen LogP contribution in [0.25, 0.3) is 0 Å². The normalized spacial score (nSPS) is 19.3. The number of likely N-dealkylation sites (tertiary alicyclic amines) is 1. The Kier molecular flexibility index (Phi) is 12.9. The molecule has 0 bridgehead atoms. The zero-order valence-corrected chi connectivity index (χ0v) is 23.0. The van der Waals surface area contributed by atoms with Gasteiger partial charge in [0.1, 0.15) is 6.04 Å². The summed E-state index contributed by atoms with van der Waals surface area (Å²) < 4.78 is 5.11. The minimum Gasteiger partial charge on any atom is -0.463 e. The first-order valence-electron chi connectivity index (χ1n) is 13.2. The van der Waals surface area contributed by atoms with Crippen molar-refractivity contribution in [3.8, 4) is 0 Å². The van der Waals surface area contributed by atoms with Crippen LogP contribution in [0, 0.1) is 11.8 Å². The van der Waals surface area contributed by atoms with Gasteiger partial charge >= 0.3 is 5.97 Å². The molecule has 0 aromatic heterocycles. The number of likely N-dealkylation sites (N-methyl/N-ethyl adjacent to an activating group) is 1. The lowest BCUT2D eigenvalue weighted by Gasteiger charge is -2.41. The van der Waals surface area contributed by atoms with Gasteiger partial charge in [-0.15, -0.1) is 0 Å². The maximum Gasteiger partial charge on any atom is 0.333 e. The Morgan fingerprint density at radius 3 is 2.18 bits per heavy atom. The molecular weight excluding hydrogens is 430 g/mol. The van der Waals surface area contributed by atoms with E-state index in [2.05, 4.69) is 24.1 Å². The van der Waals surface area contributed by atoms with Crippen molar-refractivity contribution < 1.29 is 19.1 Å². The highest BCUT2D eigenvalue weighted by Gasteiger charge is 2.36. The fourth-order valence-electron chi connectivity index (χ4n) is 4.88. The van der Waals surface area contributed by atoms with Gasteiger partial charge in [-0.3, -0.25) is 14.5 Å². The van der Waals surface area contributed by atoms with E-state index in [1.807, 2.05) is 27.7 Å². The standard InChI is InChI=1S/C27H49N3O4/c1-10-21(11-2)30-16-14-13-15-22(30)25(31)28-24(19(6)7)26(32)29(9)23(18(4)5)17-20(8)27(33)34-12-3/h17-19,21-24H,10-16H2,1-9H3,(H,28,31)/b20-17+/t22-,23-,24+/m1/s1. The van der Waals surface area contributed by atoms with E-state index in [4.69, 9.17) is 4.74 Å². The van der Waals surface area contributed by atoms with E-state index < -0.39 is 6.04 Å². The lowest BCUT2D eigenvalue weighted by molar-refractivity contribution is -0.140. The first-order chi connectivity index (χ1) is 16.0. The Hall–Kier alpha value is -1.89. The molecule has 0 saturated carbocycles. The number of amides is 2. The molecular formula is C27H49N3O4. The zero-order valence-electron chi connectivity index (χ0n) is 23.0. The number of ether oxygens (including phenoxy) is 1. The summed E-state index contributed by atoms with van der Waals surface area (Å²) in [7, 11) is 1.75. The Bertz CT molecular complexity index is 700. The third-order valence-corrected chi connectivity index (χ3v) is 6.98. The average Bonchev–Trinajstić information content (AvgIpc) is 2.80. The van der Waals surface area contributed by atoms with Gasteiger partial charge in [-0.05, 0) is 57.9 Å². The van der Waals surface area contributed by atoms with Crippen molar-refractivity contribution in [1.29, 1.82) is 0 Å². The van der Waals surface area contributed by atoms with E-state index in [1.54, 1.807) is 31.9 Å². The van der Waals surface area contributed by atoms with Crippen LogP contribution < -0.4 is 5.32 Å². The van der Waals surface area contributed by atoms with Crippen LogP contribution in [0.4, 0.5) is 0 Å². The van der Waals surface area contributed by atoms with Crippen molar-refractivity contribution in [3.05, 3.63) is 11.6 Å². The minimum atomic E-state index is -0.625. The van der Waals surface area contributed by atoms with E-state index in [9.17, 15) is 14.4 Å². The van der Waals surface area contributed by atoms with Crippen LogP contribution >= 0.6 is 0 Å². The fourth-order valence-corrected chi connectivity index (χ4v) is 4.88. The van der Waals surface area contributed by atoms with Gasteiger partial charge in [0.25, 0.3) is 0 Å². The van der Waals surface area contributed by atoms with Crippen LogP contribution in [0.5, 0.6) is 0 Å². The summed E-state index contributed by atoms with van der Waals surface area (Å²) in [5, 5.41) is 3.11. The Labute approximate surface area is 207 Å². The van der Waals surface area contributed by atoms with Crippen molar-refractivity contribution in [2.45, 2.75) is 112 Å². The maximum atomic E-state index is 13.6. The van der Waals surface area contributed by atoms with Gasteiger partial charge in [-0.25, -0.2) is 4.79 Å². The predicted octanol–water partition coefficient (Wildman–Crippen LogP) is 4.16. The molecule has 0 radical (unpaired) electrons. The highest BCUT2D eigenvalue weighted by atomic mass is 16.5. The van der Waals surface area contributed by atoms with E-state index in [1.165, 1.54) is 0 Å². The number of piperidine rings is 1. The smallest absolute Gasteiger partial charge is 0.333 e. The second-order valence-corrected chi connectivity index (χ2v) is 10.2. The molecule has 0 unspecified atom stereocenters. The molecule has 0 spiro atoms. The summed E-state index contributed by atoms with van der Waals surface area (Å²) >= 11 is 0. The van der Waals surface area contributed by atoms with Gasteiger partial charge in [0.15, 0.2) is 0 Å². The number of hydrogen-bond donors (Lipinski definition) is 1. The molecule has 7 heteroatoms. The number of hydrogen-bond acceptors (Lipinski definition) is 5. The van der Waals surface area contributed by atoms with Crippen molar-refractivity contribution in [2.24, 2.45) is 11.8 Å². The second kappa shape index (κ2) is 14.5. The fraction of sp³-hybridized carbons (Fsp3) is 0.815. The topological polar surface area (TPSA) is 79.0 Å². The quantitative estimate of drug-likeness (QED) is 0.336. The molecule has 0 aliphatic carbocycles. The third-order valence-electron chi connectivity index (χ3n) is 6.98. The number of nitrogens with zero attached hydrogens (tertiary/aromatic N) is 2. The number of rotatable bonds is 12. The minimum absolute atomic E-state index is 0.0496. The predicted molar refractivity (Wildman–Crippen MR) is 137 cm³/mol. The number of carbonyl (C=O) groups is 3. The molecule has 1 rings (SSSR count). The van der Waals surface area contributed by atoms with Gasteiger partial charge in [0.2, 0.25) is 11.8 Å². The van der Waals surface area contributed by atoms with Crippen LogP contribution in [0.1, 0.15) is 87.5 Å². The third kappa shape index (κ3) is 8.10. The van der Waals surface area contributed by atoms with Crippen molar-refractivity contribution in [3.63, 3.8) is 0 Å². The lowest BCUT2D eigenvalue weighted by Crippen LogP contribution is -2.59. The Morgan fingerprint density at radius 1 is 1.06 bits per heavy atom. The van der Waals surface area contributed by atoms with Crippen molar-refractivity contribution in [1.82, 2.24) is 15.1 Å². The van der Waals surface area contributed by atoms with Gasteiger partial charge in [0, 0.05) is 18.7 Å². The number of esters is 1. The van der Waals surface area contributed by atoms with E-state index in [-0.39, 0.29) is 41.7 Å². The van der Waals surface area contributed by atoms with Gasteiger partial charge < -0.3 is 15.0 Å². The second-order valence-electron chi connectivity index (χ2n) is 10.2. The molecule has 1 aliphatic heterocycles. The average molecular weight is 480 g/mol. The molecule has 1 N–H and O–H groups in total. The van der Waals surface area contributed by atoms with E-state index in [0.717, 1.165) is 38.6 Å². The summed E-state index contributed by atoms with van der Waals surface area (Å²) in [5.41, 5.74) is 0.480. The maximum absolute atomic E-state index is 13.6. The van der Waals surface area contributed by atoms with Gasteiger partial charge in [0.05, 0.1) is 18.7 Å². The molecule has 2 amide bonds. The molecule has 1 heterocycles. The highest BCUT2D eigenvalue weighted by Crippen LogP contribution is 2.24. The first kappa shape index (κ1) is 30.1. The highest BCUT2D eigenvalue weighted by molar-refractivity contribution is 5.91. The van der Waals surface area contributed by atoms with Gasteiger partial charge in [-0.2, -0.15) is 0 Å². The summed E-state index contributed by atoms with van der Waals surface area (Å²) in [4.78, 5) is 43.2. The number of carbonyl (C=O) groups excluding carboxylic acids is 3. The van der Waals surface area contributed by atoms with Crippen LogP contribution in [0.3, 0.4) is 0 Å². The molecule has 7 nitrogen and oxygen atoms in total. The van der Waals surface area contributed by atoms with Crippen molar-refractivity contribution >= 4 is 17.8 Å². The molecule has 1 fully saturated rings. The molecule has 1 aliphatic rings. The van der Waals surface area contributed by atoms with Crippen LogP contribution in [0.15, 0.2) is 11.6 Å². The van der Waals surface area contributed by atoms with Crippen LogP contribution in [0.2, 0.25) is 0 Å². The molecule has 34 heavy (non-hydrogen) atoms. The summed E-state index contributed by atoms with van der Waals surface area (Å²) in [6.45, 7) is 17.0. The molecule has 1 saturated heterocycles. The van der Waals surface area contributed by atoms with E-state index in [0.29, 0.717) is 18.2 Å². The summed E-state index contributed by atoms with van der Waals surface area (Å²) in [6.07, 6.45) is 6.79. The zero-order chi connectivity index (χ0) is 26.0. The summed E-state index contributed by atoms with van der Waals surface area (Å²) in [5.74, 6) is -0.537. The molecule has 3 atom stereocenters. The monoisotopic (exact) mass is 479 g/mol. The first-order valence-corrected chi connectivity index (χ1v) is 13.2. The van der Waals surface area contributed by atoms with Crippen LogP contribution in [-0.2, 0) is 19.1 Å². The molecule has 196 valence electrons. The molecule has 0 aromatic carbocycles. The summed E-state index contributed by atoms with van der Waals surface area (Å²) in [6, 6.07) is -0.718. The number of nitrogens with one attached hydrogen (secondary N) is 1.